The molecule has 82 valence electrons. The van der Waals surface area contributed by atoms with Gasteiger partial charge >= 0.3 is 0 Å². The Bertz CT molecular complexity index is 352. The molecule has 0 aromatic heterocycles. The lowest BCUT2D eigenvalue weighted by Crippen LogP contribution is -2.03. The molecule has 1 N–H and O–H groups in total. The number of aliphatic hydroxyl groups is 1. The first-order chi connectivity index (χ1) is 7.17. The minimum Gasteiger partial charge on any atom is -0.489 e. The topological polar surface area (TPSA) is 29.5 Å². The minimum absolute atomic E-state index is 0.102. The van der Waals surface area contributed by atoms with Gasteiger partial charge in [-0.1, -0.05) is 18.2 Å². The molecule has 1 rings (SSSR count). The second-order valence-corrected chi connectivity index (χ2v) is 3.52. The van der Waals surface area contributed by atoms with Crippen molar-refractivity contribution in [2.45, 2.75) is 6.61 Å². The Balaban J connectivity index is 2.72. The number of halogens is 2. The lowest BCUT2D eigenvalue weighted by atomic mass is 10.2. The molecule has 0 spiro atoms. The smallest absolute Gasteiger partial charge is 0.125 e. The highest BCUT2D eigenvalue weighted by atomic mass is 35.5. The van der Waals surface area contributed by atoms with E-state index in [0.29, 0.717) is 21.9 Å². The van der Waals surface area contributed by atoms with Crippen LogP contribution in [0.5, 0.6) is 5.75 Å². The zero-order valence-corrected chi connectivity index (χ0v) is 8.93. The molecule has 1 aromatic rings. The predicted octanol–water partition coefficient (Wildman–Crippen LogP) is 2.74. The van der Waals surface area contributed by atoms with Gasteiger partial charge in [-0.15, -0.1) is 0 Å². The lowest BCUT2D eigenvalue weighted by Gasteiger charge is -2.10. The van der Waals surface area contributed by atoms with Gasteiger partial charge in [0.1, 0.15) is 19.0 Å². The van der Waals surface area contributed by atoms with E-state index in [-0.39, 0.29) is 13.2 Å². The van der Waals surface area contributed by atoms with Gasteiger partial charge in [-0.3, -0.25) is 0 Å². The van der Waals surface area contributed by atoms with Crippen LogP contribution in [0, 0.1) is 0 Å². The van der Waals surface area contributed by atoms with Crippen molar-refractivity contribution in [3.8, 4) is 5.75 Å². The zero-order chi connectivity index (χ0) is 11.3. The van der Waals surface area contributed by atoms with E-state index in [2.05, 4.69) is 6.58 Å². The summed E-state index contributed by atoms with van der Waals surface area (Å²) in [5, 5.41) is 9.55. The Morgan fingerprint density at radius 3 is 2.87 bits per heavy atom. The van der Waals surface area contributed by atoms with Gasteiger partial charge in [-0.2, -0.15) is 0 Å². The van der Waals surface area contributed by atoms with Gasteiger partial charge in [-0.25, -0.2) is 4.39 Å². The Kier molecular flexibility index (Phi) is 4.59. The standard InChI is InChI=1S/C11H12ClFO2/c1-8(5-13)7-15-11-3-2-10(12)4-9(11)6-14/h2-4,14H,1,5-7H2. The van der Waals surface area contributed by atoms with Crippen LogP contribution >= 0.6 is 11.6 Å². The highest BCUT2D eigenvalue weighted by Crippen LogP contribution is 2.23. The summed E-state index contributed by atoms with van der Waals surface area (Å²) in [5.41, 5.74) is 0.933. The maximum absolute atomic E-state index is 12.1. The van der Waals surface area contributed by atoms with Crippen molar-refractivity contribution in [1.82, 2.24) is 0 Å². The molecule has 15 heavy (non-hydrogen) atoms. The molecule has 4 heteroatoms. The van der Waals surface area contributed by atoms with E-state index in [1.807, 2.05) is 0 Å². The molecule has 1 aromatic carbocycles. The third-order valence-electron chi connectivity index (χ3n) is 1.81. The second kappa shape index (κ2) is 5.73. The van der Waals surface area contributed by atoms with Crippen molar-refractivity contribution in [2.24, 2.45) is 0 Å². The molecule has 0 unspecified atom stereocenters. The summed E-state index contributed by atoms with van der Waals surface area (Å²) >= 11 is 5.74. The van der Waals surface area contributed by atoms with Crippen LogP contribution in [0.2, 0.25) is 5.02 Å². The van der Waals surface area contributed by atoms with E-state index in [1.165, 1.54) is 0 Å². The van der Waals surface area contributed by atoms with Crippen LogP contribution in [0.15, 0.2) is 30.4 Å². The van der Waals surface area contributed by atoms with E-state index in [0.717, 1.165) is 0 Å². The summed E-state index contributed by atoms with van der Waals surface area (Å²) in [5.74, 6) is 0.497. The van der Waals surface area contributed by atoms with Crippen LogP contribution in [0.3, 0.4) is 0 Å². The second-order valence-electron chi connectivity index (χ2n) is 3.08. The number of rotatable bonds is 5. The molecular formula is C11H12ClFO2. The number of benzene rings is 1. The first kappa shape index (κ1) is 12.0. The third kappa shape index (κ3) is 3.53. The van der Waals surface area contributed by atoms with Gasteiger partial charge in [-0.05, 0) is 23.8 Å². The lowest BCUT2D eigenvalue weighted by molar-refractivity contribution is 0.267. The largest absolute Gasteiger partial charge is 0.489 e. The third-order valence-corrected chi connectivity index (χ3v) is 2.05. The summed E-state index contributed by atoms with van der Waals surface area (Å²) in [6.07, 6.45) is 0. The maximum atomic E-state index is 12.1. The summed E-state index contributed by atoms with van der Waals surface area (Å²) in [4.78, 5) is 0. The zero-order valence-electron chi connectivity index (χ0n) is 8.17. The predicted molar refractivity (Wildman–Crippen MR) is 58.0 cm³/mol. The average molecular weight is 231 g/mol. The van der Waals surface area contributed by atoms with Crippen molar-refractivity contribution in [2.75, 3.05) is 13.3 Å². The molecule has 0 amide bonds. The minimum atomic E-state index is -0.609. The summed E-state index contributed by atoms with van der Waals surface area (Å²) in [6.45, 7) is 2.80. The fourth-order valence-corrected chi connectivity index (χ4v) is 1.23. The molecule has 0 aliphatic carbocycles. The Hall–Kier alpha value is -1.06. The summed E-state index contributed by atoms with van der Waals surface area (Å²) in [6, 6.07) is 4.89. The molecule has 0 heterocycles. The van der Waals surface area contributed by atoms with Crippen LogP contribution < -0.4 is 4.74 Å². The van der Waals surface area contributed by atoms with Gasteiger partial charge in [0.2, 0.25) is 0 Å². The number of alkyl halides is 1. The first-order valence-corrected chi connectivity index (χ1v) is 4.80. The number of hydrogen-bond donors (Lipinski definition) is 1. The molecule has 0 saturated heterocycles. The molecule has 0 fully saturated rings. The highest BCUT2D eigenvalue weighted by Gasteiger charge is 2.04. The molecule has 0 aliphatic rings. The van der Waals surface area contributed by atoms with E-state index in [4.69, 9.17) is 21.4 Å². The maximum Gasteiger partial charge on any atom is 0.125 e. The Labute approximate surface area is 92.9 Å². The molecular weight excluding hydrogens is 219 g/mol. The Morgan fingerprint density at radius 1 is 1.53 bits per heavy atom. The van der Waals surface area contributed by atoms with Crippen molar-refractivity contribution in [1.29, 1.82) is 0 Å². The van der Waals surface area contributed by atoms with Crippen LogP contribution in [0.1, 0.15) is 5.56 Å². The van der Waals surface area contributed by atoms with Crippen LogP contribution in [0.25, 0.3) is 0 Å². The average Bonchev–Trinajstić information content (AvgIpc) is 2.26. The van der Waals surface area contributed by atoms with Crippen LogP contribution in [-0.2, 0) is 6.61 Å². The van der Waals surface area contributed by atoms with Crippen molar-refractivity contribution < 1.29 is 14.2 Å². The van der Waals surface area contributed by atoms with Gasteiger partial charge in [0, 0.05) is 10.6 Å². The molecule has 0 radical (unpaired) electrons. The highest BCUT2D eigenvalue weighted by molar-refractivity contribution is 6.30. The van der Waals surface area contributed by atoms with E-state index in [9.17, 15) is 4.39 Å². The molecule has 2 nitrogen and oxygen atoms in total. The van der Waals surface area contributed by atoms with E-state index in [1.54, 1.807) is 18.2 Å². The summed E-state index contributed by atoms with van der Waals surface area (Å²) in [7, 11) is 0. The molecule has 0 aliphatic heterocycles. The monoisotopic (exact) mass is 230 g/mol. The molecule has 0 atom stereocenters. The quantitative estimate of drug-likeness (QED) is 0.789. The number of ether oxygens (including phenoxy) is 1. The van der Waals surface area contributed by atoms with Crippen LogP contribution in [-0.4, -0.2) is 18.4 Å². The molecule has 0 saturated carbocycles. The number of aliphatic hydroxyl groups excluding tert-OH is 1. The van der Waals surface area contributed by atoms with Crippen molar-refractivity contribution >= 4 is 11.6 Å². The molecule has 0 bridgehead atoms. The fourth-order valence-electron chi connectivity index (χ4n) is 1.03. The first-order valence-electron chi connectivity index (χ1n) is 4.42. The Morgan fingerprint density at radius 2 is 2.27 bits per heavy atom. The van der Waals surface area contributed by atoms with E-state index < -0.39 is 6.67 Å². The fraction of sp³-hybridized carbons (Fsp3) is 0.273. The van der Waals surface area contributed by atoms with Gasteiger partial charge in [0.15, 0.2) is 0 Å². The van der Waals surface area contributed by atoms with Crippen molar-refractivity contribution in [3.63, 3.8) is 0 Å². The van der Waals surface area contributed by atoms with Gasteiger partial charge < -0.3 is 9.84 Å². The van der Waals surface area contributed by atoms with Crippen LogP contribution in [0.4, 0.5) is 4.39 Å². The number of hydrogen-bond acceptors (Lipinski definition) is 2. The van der Waals surface area contributed by atoms with Gasteiger partial charge in [0.25, 0.3) is 0 Å². The van der Waals surface area contributed by atoms with E-state index >= 15 is 0 Å². The normalized spacial score (nSPS) is 10.1. The summed E-state index contributed by atoms with van der Waals surface area (Å²) < 4.78 is 17.4. The van der Waals surface area contributed by atoms with Gasteiger partial charge in [0.05, 0.1) is 6.61 Å². The van der Waals surface area contributed by atoms with Crippen molar-refractivity contribution in [3.05, 3.63) is 40.9 Å². The SMILES string of the molecule is C=C(CF)COc1ccc(Cl)cc1CO.